The SMILES string of the molecule is C1=CCc2cc3c(nc2=C1)N=c1ccccc1=3. The monoisotopic (exact) mass is 218 g/mol. The number of rotatable bonds is 0. The number of aromatic nitrogens is 1. The molecule has 1 aliphatic carbocycles. The molecule has 0 spiro atoms. The number of para-hydroxylation sites is 1. The van der Waals surface area contributed by atoms with E-state index in [0.29, 0.717) is 0 Å². The van der Waals surface area contributed by atoms with Crippen molar-refractivity contribution in [3.05, 3.63) is 69.2 Å². The molecule has 0 amide bonds. The Morgan fingerprint density at radius 3 is 3.00 bits per heavy atom. The molecule has 0 atom stereocenters. The predicted molar refractivity (Wildman–Crippen MR) is 66.1 cm³/mol. The molecule has 2 aliphatic rings. The van der Waals surface area contributed by atoms with Gasteiger partial charge in [-0.15, -0.1) is 0 Å². The van der Waals surface area contributed by atoms with Crippen molar-refractivity contribution in [2.45, 2.75) is 6.42 Å². The second kappa shape index (κ2) is 3.14. The lowest BCUT2D eigenvalue weighted by Crippen LogP contribution is -2.14. The molecule has 4 rings (SSSR count). The molecule has 80 valence electrons. The summed E-state index contributed by atoms with van der Waals surface area (Å²) >= 11 is 0. The third kappa shape index (κ3) is 1.21. The molecule has 0 unspecified atom stereocenters. The second-order valence-corrected chi connectivity index (χ2v) is 4.33. The zero-order chi connectivity index (χ0) is 11.2. The molecule has 0 N–H and O–H groups in total. The van der Waals surface area contributed by atoms with Gasteiger partial charge in [-0.1, -0.05) is 30.4 Å². The van der Waals surface area contributed by atoms with Crippen LogP contribution in [-0.4, -0.2) is 4.98 Å². The van der Waals surface area contributed by atoms with Crippen molar-refractivity contribution in [1.29, 1.82) is 0 Å². The Labute approximate surface area is 98.0 Å². The van der Waals surface area contributed by atoms with Gasteiger partial charge in [-0.05, 0) is 30.2 Å². The van der Waals surface area contributed by atoms with E-state index in [0.717, 1.165) is 22.9 Å². The molecule has 0 radical (unpaired) electrons. The van der Waals surface area contributed by atoms with Gasteiger partial charge in [0.1, 0.15) is 0 Å². The van der Waals surface area contributed by atoms with Gasteiger partial charge in [0.15, 0.2) is 5.82 Å². The van der Waals surface area contributed by atoms with Crippen LogP contribution >= 0.6 is 0 Å². The maximum atomic E-state index is 4.64. The molecule has 2 aromatic rings. The van der Waals surface area contributed by atoms with Crippen LogP contribution in [0, 0.1) is 10.4 Å². The van der Waals surface area contributed by atoms with Gasteiger partial charge in [0.05, 0.1) is 10.7 Å². The molecular formula is C15H10N2. The fraction of sp³-hybridized carbons (Fsp3) is 0.0667. The summed E-state index contributed by atoms with van der Waals surface area (Å²) in [7, 11) is 0. The van der Waals surface area contributed by atoms with Crippen LogP contribution in [0.25, 0.3) is 6.08 Å². The molecule has 2 nitrogen and oxygen atoms in total. The third-order valence-electron chi connectivity index (χ3n) is 3.26. The third-order valence-corrected chi connectivity index (χ3v) is 3.26. The van der Waals surface area contributed by atoms with Crippen molar-refractivity contribution in [3.8, 4) is 0 Å². The van der Waals surface area contributed by atoms with Crippen LogP contribution in [-0.2, 0) is 6.42 Å². The Hall–Kier alpha value is -2.22. The highest BCUT2D eigenvalue weighted by Gasteiger charge is 2.08. The highest BCUT2D eigenvalue weighted by atomic mass is 14.9. The largest absolute Gasteiger partial charge is 0.228 e. The lowest BCUT2D eigenvalue weighted by molar-refractivity contribution is 1.10. The van der Waals surface area contributed by atoms with Crippen LogP contribution in [0.5, 0.6) is 0 Å². The minimum atomic E-state index is 0.858. The average molecular weight is 218 g/mol. The Bertz CT molecular complexity index is 861. The molecular weight excluding hydrogens is 208 g/mol. The average Bonchev–Trinajstić information content (AvgIpc) is 2.73. The van der Waals surface area contributed by atoms with E-state index >= 15 is 0 Å². The molecule has 1 aromatic heterocycles. The second-order valence-electron chi connectivity index (χ2n) is 4.33. The molecule has 1 aromatic carbocycles. The first-order chi connectivity index (χ1) is 8.42. The number of fused-ring (bicyclic) bond motifs is 3. The number of benzene rings is 1. The summed E-state index contributed by atoms with van der Waals surface area (Å²) < 4.78 is 0. The van der Waals surface area contributed by atoms with E-state index in [2.05, 4.69) is 46.4 Å². The minimum Gasteiger partial charge on any atom is -0.228 e. The van der Waals surface area contributed by atoms with Crippen molar-refractivity contribution >= 4 is 11.9 Å². The molecule has 17 heavy (non-hydrogen) atoms. The van der Waals surface area contributed by atoms with Gasteiger partial charge >= 0.3 is 0 Å². The molecule has 0 fully saturated rings. The first-order valence-corrected chi connectivity index (χ1v) is 5.77. The molecule has 2 heteroatoms. The molecule has 0 bridgehead atoms. The van der Waals surface area contributed by atoms with Crippen LogP contribution in [0.1, 0.15) is 5.56 Å². The van der Waals surface area contributed by atoms with E-state index in [4.69, 9.17) is 0 Å². The first-order valence-electron chi connectivity index (χ1n) is 5.77. The van der Waals surface area contributed by atoms with Gasteiger partial charge in [0.25, 0.3) is 0 Å². The highest BCUT2D eigenvalue weighted by molar-refractivity contribution is 5.47. The number of hydrogen-bond donors (Lipinski definition) is 0. The number of nitrogens with zero attached hydrogens (tertiary/aromatic N) is 2. The minimum absolute atomic E-state index is 0.858. The number of allylic oxidation sites excluding steroid dienone is 2. The molecule has 0 saturated heterocycles. The Morgan fingerprint density at radius 2 is 2.00 bits per heavy atom. The van der Waals surface area contributed by atoms with Crippen LogP contribution in [0.3, 0.4) is 0 Å². The maximum Gasteiger partial charge on any atom is 0.161 e. The van der Waals surface area contributed by atoms with Crippen molar-refractivity contribution in [2.24, 2.45) is 4.99 Å². The van der Waals surface area contributed by atoms with E-state index < -0.39 is 0 Å². The summed E-state index contributed by atoms with van der Waals surface area (Å²) in [6, 6.07) is 10.4. The van der Waals surface area contributed by atoms with Crippen molar-refractivity contribution in [1.82, 2.24) is 4.98 Å². The Balaban J connectivity index is 2.24. The van der Waals surface area contributed by atoms with E-state index in [-0.39, 0.29) is 0 Å². The van der Waals surface area contributed by atoms with Crippen molar-refractivity contribution in [2.75, 3.05) is 0 Å². The standard InChI is InChI=1S/C15H10N2/c1-3-7-13-10(5-1)9-12-11-6-2-4-8-14(11)17-15(12)16-13/h1-4,6-9H,5H2. The normalized spacial score (nSPS) is 14.4. The molecule has 2 heterocycles. The summed E-state index contributed by atoms with van der Waals surface area (Å²) in [5.74, 6) is 0.858. The van der Waals surface area contributed by atoms with Gasteiger partial charge in [0.2, 0.25) is 0 Å². The predicted octanol–water partition coefficient (Wildman–Crippen LogP) is 1.53. The van der Waals surface area contributed by atoms with Crippen molar-refractivity contribution < 1.29 is 0 Å². The Morgan fingerprint density at radius 1 is 1.06 bits per heavy atom. The van der Waals surface area contributed by atoms with Gasteiger partial charge in [-0.2, -0.15) is 0 Å². The van der Waals surface area contributed by atoms with Gasteiger partial charge in [0, 0.05) is 10.4 Å². The quantitative estimate of drug-likeness (QED) is 0.561. The first kappa shape index (κ1) is 8.88. The van der Waals surface area contributed by atoms with E-state index in [9.17, 15) is 0 Å². The fourth-order valence-corrected chi connectivity index (χ4v) is 2.42. The van der Waals surface area contributed by atoms with Crippen LogP contribution in [0.2, 0.25) is 0 Å². The van der Waals surface area contributed by atoms with Crippen LogP contribution < -0.4 is 10.7 Å². The lowest BCUT2D eigenvalue weighted by Gasteiger charge is -2.02. The highest BCUT2D eigenvalue weighted by Crippen LogP contribution is 2.14. The zero-order valence-electron chi connectivity index (χ0n) is 9.22. The summed E-state index contributed by atoms with van der Waals surface area (Å²) in [4.78, 5) is 9.20. The van der Waals surface area contributed by atoms with Crippen molar-refractivity contribution in [3.63, 3.8) is 0 Å². The van der Waals surface area contributed by atoms with Gasteiger partial charge in [-0.3, -0.25) is 0 Å². The number of pyridine rings is 1. The molecule has 0 saturated carbocycles. The zero-order valence-corrected chi connectivity index (χ0v) is 9.22. The van der Waals surface area contributed by atoms with E-state index in [1.807, 2.05) is 12.1 Å². The maximum absolute atomic E-state index is 4.64. The van der Waals surface area contributed by atoms with Crippen LogP contribution in [0.15, 0.2) is 47.5 Å². The summed E-state index contributed by atoms with van der Waals surface area (Å²) in [5.41, 5.74) is 1.29. The number of hydrogen-bond acceptors (Lipinski definition) is 2. The van der Waals surface area contributed by atoms with Gasteiger partial charge in [-0.25, -0.2) is 9.98 Å². The summed E-state index contributed by atoms with van der Waals surface area (Å²) in [6.45, 7) is 0. The van der Waals surface area contributed by atoms with Gasteiger partial charge < -0.3 is 0 Å². The van der Waals surface area contributed by atoms with Crippen LogP contribution in [0.4, 0.5) is 5.82 Å². The van der Waals surface area contributed by atoms with E-state index in [1.165, 1.54) is 16.0 Å². The summed E-state index contributed by atoms with van der Waals surface area (Å²) in [6.07, 6.45) is 7.24. The lowest BCUT2D eigenvalue weighted by atomic mass is 10.1. The molecule has 1 aliphatic heterocycles. The van der Waals surface area contributed by atoms with E-state index in [1.54, 1.807) is 0 Å². The fourth-order valence-electron chi connectivity index (χ4n) is 2.42. The smallest absolute Gasteiger partial charge is 0.161 e. The summed E-state index contributed by atoms with van der Waals surface area (Å²) in [5, 5.41) is 4.46. The topological polar surface area (TPSA) is 25.2 Å². The Kier molecular flexibility index (Phi) is 1.64.